The minimum absolute atomic E-state index is 0.375. The van der Waals surface area contributed by atoms with Crippen LogP contribution in [0.4, 0.5) is 0 Å². The van der Waals surface area contributed by atoms with Gasteiger partial charge in [-0.15, -0.1) is 11.8 Å². The van der Waals surface area contributed by atoms with Crippen molar-refractivity contribution in [2.45, 2.75) is 37.0 Å². The Morgan fingerprint density at radius 2 is 1.81 bits per heavy atom. The van der Waals surface area contributed by atoms with Crippen LogP contribution >= 0.6 is 23.4 Å². The molecule has 21 heavy (non-hydrogen) atoms. The van der Waals surface area contributed by atoms with Gasteiger partial charge in [0.2, 0.25) is 0 Å². The summed E-state index contributed by atoms with van der Waals surface area (Å²) in [7, 11) is 0. The number of halogens is 1. The number of hydrogen-bond donors (Lipinski definition) is 1. The molecule has 0 aromatic heterocycles. The molecule has 1 atom stereocenters. The molecule has 0 fully saturated rings. The lowest BCUT2D eigenvalue weighted by Crippen LogP contribution is -2.19. The Bertz CT molecular complexity index is 571. The Balaban J connectivity index is 2.08. The Morgan fingerprint density at radius 1 is 1.10 bits per heavy atom. The monoisotopic (exact) mass is 319 g/mol. The van der Waals surface area contributed by atoms with Gasteiger partial charge in [-0.1, -0.05) is 54.9 Å². The Morgan fingerprint density at radius 3 is 2.57 bits per heavy atom. The molecule has 0 amide bonds. The van der Waals surface area contributed by atoms with Gasteiger partial charge in [-0.05, 0) is 43.1 Å². The quantitative estimate of drug-likeness (QED) is 0.658. The van der Waals surface area contributed by atoms with Crippen molar-refractivity contribution >= 4 is 23.4 Å². The van der Waals surface area contributed by atoms with E-state index in [1.165, 1.54) is 16.0 Å². The van der Waals surface area contributed by atoms with Crippen LogP contribution in [0.1, 0.15) is 37.4 Å². The van der Waals surface area contributed by atoms with Crippen LogP contribution in [-0.2, 0) is 5.75 Å². The molecule has 0 saturated heterocycles. The molecule has 2 rings (SSSR count). The first kappa shape index (κ1) is 16.4. The van der Waals surface area contributed by atoms with Gasteiger partial charge >= 0.3 is 0 Å². The molecule has 0 radical (unpaired) electrons. The second kappa shape index (κ2) is 8.47. The van der Waals surface area contributed by atoms with Gasteiger partial charge in [0.25, 0.3) is 0 Å². The van der Waals surface area contributed by atoms with Crippen LogP contribution in [-0.4, -0.2) is 6.54 Å². The molecule has 0 saturated carbocycles. The second-order valence-electron chi connectivity index (χ2n) is 5.09. The molecule has 0 aliphatic carbocycles. The van der Waals surface area contributed by atoms with Crippen LogP contribution < -0.4 is 5.32 Å². The zero-order chi connectivity index (χ0) is 15.1. The van der Waals surface area contributed by atoms with E-state index in [9.17, 15) is 0 Å². The van der Waals surface area contributed by atoms with Gasteiger partial charge in [0.1, 0.15) is 0 Å². The van der Waals surface area contributed by atoms with Gasteiger partial charge in [-0.25, -0.2) is 0 Å². The lowest BCUT2D eigenvalue weighted by molar-refractivity contribution is 0.564. The van der Waals surface area contributed by atoms with Crippen LogP contribution in [0.2, 0.25) is 5.02 Å². The Labute approximate surface area is 137 Å². The van der Waals surface area contributed by atoms with Crippen molar-refractivity contribution in [3.05, 3.63) is 64.7 Å². The first-order valence-electron chi connectivity index (χ1n) is 7.41. The minimum Gasteiger partial charge on any atom is -0.310 e. The van der Waals surface area contributed by atoms with Gasteiger partial charge < -0.3 is 5.32 Å². The van der Waals surface area contributed by atoms with E-state index in [-0.39, 0.29) is 0 Å². The van der Waals surface area contributed by atoms with E-state index >= 15 is 0 Å². The summed E-state index contributed by atoms with van der Waals surface area (Å²) in [6.45, 7) is 5.47. The fraction of sp³-hybridized carbons (Fsp3) is 0.333. The number of rotatable bonds is 7. The third-order valence-corrected chi connectivity index (χ3v) is 4.93. The summed E-state index contributed by atoms with van der Waals surface area (Å²) in [5.74, 6) is 0.900. The summed E-state index contributed by atoms with van der Waals surface area (Å²) >= 11 is 8.09. The van der Waals surface area contributed by atoms with Gasteiger partial charge in [0, 0.05) is 21.7 Å². The molecule has 0 aliphatic rings. The lowest BCUT2D eigenvalue weighted by atomic mass is 10.1. The summed E-state index contributed by atoms with van der Waals surface area (Å²) in [6, 6.07) is 17.1. The van der Waals surface area contributed by atoms with Gasteiger partial charge in [-0.2, -0.15) is 0 Å². The standard InChI is InChI=1S/C18H22ClNS/c1-3-12-20-14(2)16-9-5-7-11-18(16)21-13-15-8-4-6-10-17(15)19/h4-11,14,20H,3,12-13H2,1-2H3. The summed E-state index contributed by atoms with van der Waals surface area (Å²) in [5, 5.41) is 4.41. The van der Waals surface area contributed by atoms with Crippen LogP contribution in [0.25, 0.3) is 0 Å². The molecule has 0 bridgehead atoms. The van der Waals surface area contributed by atoms with Gasteiger partial charge in [0.05, 0.1) is 0 Å². The van der Waals surface area contributed by atoms with Crippen LogP contribution in [0, 0.1) is 0 Å². The molecule has 112 valence electrons. The molecule has 1 unspecified atom stereocenters. The van der Waals surface area contributed by atoms with E-state index < -0.39 is 0 Å². The average Bonchev–Trinajstić information content (AvgIpc) is 2.52. The Hall–Kier alpha value is -0.960. The van der Waals surface area contributed by atoms with Crippen molar-refractivity contribution in [2.75, 3.05) is 6.54 Å². The van der Waals surface area contributed by atoms with E-state index in [0.717, 1.165) is 23.7 Å². The second-order valence-corrected chi connectivity index (χ2v) is 6.52. The Kier molecular flexibility index (Phi) is 6.62. The van der Waals surface area contributed by atoms with E-state index in [0.29, 0.717) is 6.04 Å². The van der Waals surface area contributed by atoms with E-state index in [4.69, 9.17) is 11.6 Å². The molecule has 2 aromatic rings. The number of benzene rings is 2. The molecular weight excluding hydrogens is 298 g/mol. The van der Waals surface area contributed by atoms with Crippen LogP contribution in [0.3, 0.4) is 0 Å². The summed E-state index contributed by atoms with van der Waals surface area (Å²) in [5.41, 5.74) is 2.55. The maximum Gasteiger partial charge on any atom is 0.0446 e. The van der Waals surface area contributed by atoms with Crippen molar-refractivity contribution in [3.63, 3.8) is 0 Å². The third-order valence-electron chi connectivity index (χ3n) is 3.43. The molecule has 3 heteroatoms. The van der Waals surface area contributed by atoms with Crippen molar-refractivity contribution in [1.82, 2.24) is 5.32 Å². The maximum absolute atomic E-state index is 6.24. The summed E-state index contributed by atoms with van der Waals surface area (Å²) in [4.78, 5) is 1.33. The fourth-order valence-electron chi connectivity index (χ4n) is 2.21. The zero-order valence-electron chi connectivity index (χ0n) is 12.6. The predicted molar refractivity (Wildman–Crippen MR) is 94.2 cm³/mol. The number of hydrogen-bond acceptors (Lipinski definition) is 2. The molecule has 1 nitrogen and oxygen atoms in total. The smallest absolute Gasteiger partial charge is 0.0446 e. The predicted octanol–water partition coefficient (Wildman–Crippen LogP) is 5.69. The topological polar surface area (TPSA) is 12.0 Å². The molecule has 0 spiro atoms. The van der Waals surface area contributed by atoms with Crippen LogP contribution in [0.15, 0.2) is 53.4 Å². The molecule has 1 N–H and O–H groups in total. The zero-order valence-corrected chi connectivity index (χ0v) is 14.2. The first-order chi connectivity index (χ1) is 10.2. The van der Waals surface area contributed by atoms with Crippen molar-refractivity contribution < 1.29 is 0 Å². The van der Waals surface area contributed by atoms with Crippen molar-refractivity contribution in [3.8, 4) is 0 Å². The van der Waals surface area contributed by atoms with E-state index in [1.807, 2.05) is 30.0 Å². The SMILES string of the molecule is CCCNC(C)c1ccccc1SCc1ccccc1Cl. The van der Waals surface area contributed by atoms with Gasteiger partial charge in [-0.3, -0.25) is 0 Å². The number of thioether (sulfide) groups is 1. The average molecular weight is 320 g/mol. The highest BCUT2D eigenvalue weighted by molar-refractivity contribution is 7.98. The highest BCUT2D eigenvalue weighted by Gasteiger charge is 2.10. The van der Waals surface area contributed by atoms with E-state index in [1.54, 1.807) is 0 Å². The molecule has 2 aromatic carbocycles. The maximum atomic E-state index is 6.24. The molecular formula is C18H22ClNS. The fourth-order valence-corrected chi connectivity index (χ4v) is 3.64. The highest BCUT2D eigenvalue weighted by atomic mass is 35.5. The minimum atomic E-state index is 0.375. The third kappa shape index (κ3) is 4.77. The molecule has 0 heterocycles. The lowest BCUT2D eigenvalue weighted by Gasteiger charge is -2.17. The first-order valence-corrected chi connectivity index (χ1v) is 8.77. The molecule has 0 aliphatic heterocycles. The number of nitrogens with one attached hydrogen (secondary N) is 1. The van der Waals surface area contributed by atoms with Gasteiger partial charge in [0.15, 0.2) is 0 Å². The largest absolute Gasteiger partial charge is 0.310 e. The summed E-state index contributed by atoms with van der Waals surface area (Å²) < 4.78 is 0. The van der Waals surface area contributed by atoms with Crippen molar-refractivity contribution in [1.29, 1.82) is 0 Å². The normalized spacial score (nSPS) is 12.3. The highest BCUT2D eigenvalue weighted by Crippen LogP contribution is 2.31. The summed E-state index contributed by atoms with van der Waals surface area (Å²) in [6.07, 6.45) is 1.15. The van der Waals surface area contributed by atoms with Crippen LogP contribution in [0.5, 0.6) is 0 Å². The van der Waals surface area contributed by atoms with E-state index in [2.05, 4.69) is 49.5 Å². The van der Waals surface area contributed by atoms with Crippen molar-refractivity contribution in [2.24, 2.45) is 0 Å².